The van der Waals surface area contributed by atoms with Crippen molar-refractivity contribution < 1.29 is 19.4 Å². The molecule has 0 unspecified atom stereocenters. The lowest BCUT2D eigenvalue weighted by molar-refractivity contribution is -0.136. The van der Waals surface area contributed by atoms with Crippen LogP contribution in [0.2, 0.25) is 10.0 Å². The van der Waals surface area contributed by atoms with Gasteiger partial charge in [0.1, 0.15) is 5.75 Å². The van der Waals surface area contributed by atoms with E-state index < -0.39 is 11.4 Å². The van der Waals surface area contributed by atoms with Gasteiger partial charge in [-0.3, -0.25) is 9.59 Å². The number of carbonyl (C=O) groups is 2. The number of anilines is 1. The molecule has 2 rings (SSSR count). The second kappa shape index (κ2) is 7.98. The lowest BCUT2D eigenvalue weighted by Gasteiger charge is -2.18. The van der Waals surface area contributed by atoms with Gasteiger partial charge >= 0.3 is 5.97 Å². The van der Waals surface area contributed by atoms with Crippen LogP contribution in [-0.2, 0) is 16.0 Å². The second-order valence-electron chi connectivity index (χ2n) is 6.79. The molecule has 0 saturated heterocycles. The van der Waals surface area contributed by atoms with Gasteiger partial charge in [0.25, 0.3) is 0 Å². The molecule has 26 heavy (non-hydrogen) atoms. The molecule has 5 nitrogen and oxygen atoms in total. The topological polar surface area (TPSA) is 75.6 Å². The van der Waals surface area contributed by atoms with Crippen LogP contribution in [0.25, 0.3) is 0 Å². The van der Waals surface area contributed by atoms with Gasteiger partial charge in [0.05, 0.1) is 16.5 Å². The smallest absolute Gasteiger partial charge is 0.307 e. The molecule has 0 aromatic heterocycles. The average molecular weight is 396 g/mol. The maximum atomic E-state index is 12.0. The Balaban J connectivity index is 2.14. The Bertz CT molecular complexity index is 803. The molecule has 0 saturated carbocycles. The third-order valence-corrected chi connectivity index (χ3v) is 3.99. The minimum Gasteiger partial charge on any atom is -0.481 e. The van der Waals surface area contributed by atoms with Gasteiger partial charge in [-0.15, -0.1) is 0 Å². The highest BCUT2D eigenvalue weighted by Gasteiger charge is 2.21. The zero-order valence-electron chi connectivity index (χ0n) is 14.6. The molecule has 0 atom stereocenters. The van der Waals surface area contributed by atoms with E-state index in [1.54, 1.807) is 24.3 Å². The number of nitrogens with one attached hydrogen (secondary N) is 1. The van der Waals surface area contributed by atoms with Crippen molar-refractivity contribution in [2.45, 2.75) is 27.2 Å². The molecule has 1 amide bonds. The van der Waals surface area contributed by atoms with E-state index in [2.05, 4.69) is 5.32 Å². The van der Waals surface area contributed by atoms with E-state index in [4.69, 9.17) is 33.0 Å². The first-order valence-corrected chi connectivity index (χ1v) is 8.61. The number of benzene rings is 2. The van der Waals surface area contributed by atoms with Crippen LogP contribution in [0.15, 0.2) is 36.4 Å². The number of halogens is 2. The highest BCUT2D eigenvalue weighted by Crippen LogP contribution is 2.37. The fourth-order valence-electron chi connectivity index (χ4n) is 2.03. The molecule has 0 radical (unpaired) electrons. The molecule has 7 heteroatoms. The van der Waals surface area contributed by atoms with Crippen molar-refractivity contribution in [2.75, 3.05) is 5.32 Å². The van der Waals surface area contributed by atoms with Gasteiger partial charge in [-0.1, -0.05) is 44.0 Å². The van der Waals surface area contributed by atoms with E-state index in [0.717, 1.165) is 0 Å². The monoisotopic (exact) mass is 395 g/mol. The lowest BCUT2D eigenvalue weighted by Crippen LogP contribution is -2.27. The molecule has 2 aromatic rings. The molecule has 0 aliphatic carbocycles. The van der Waals surface area contributed by atoms with Gasteiger partial charge in [0.15, 0.2) is 5.75 Å². The van der Waals surface area contributed by atoms with E-state index >= 15 is 0 Å². The Morgan fingerprint density at radius 1 is 1.08 bits per heavy atom. The number of aliphatic carboxylic acids is 1. The Morgan fingerprint density at radius 2 is 1.62 bits per heavy atom. The maximum absolute atomic E-state index is 12.0. The predicted octanol–water partition coefficient (Wildman–Crippen LogP) is 5.40. The number of carboxylic acids is 1. The van der Waals surface area contributed by atoms with Crippen LogP contribution >= 0.6 is 23.2 Å². The van der Waals surface area contributed by atoms with Crippen molar-refractivity contribution in [1.29, 1.82) is 0 Å². The second-order valence-corrected chi connectivity index (χ2v) is 7.60. The maximum Gasteiger partial charge on any atom is 0.307 e. The summed E-state index contributed by atoms with van der Waals surface area (Å²) in [6.07, 6.45) is -0.179. The van der Waals surface area contributed by atoms with E-state index in [1.165, 1.54) is 12.1 Å². The summed E-state index contributed by atoms with van der Waals surface area (Å²) in [7, 11) is 0. The minimum absolute atomic E-state index is 0.0914. The van der Waals surface area contributed by atoms with Gasteiger partial charge in [0, 0.05) is 11.1 Å². The Morgan fingerprint density at radius 3 is 2.08 bits per heavy atom. The molecule has 0 heterocycles. The lowest BCUT2D eigenvalue weighted by atomic mass is 9.95. The first-order chi connectivity index (χ1) is 12.1. The summed E-state index contributed by atoms with van der Waals surface area (Å²) in [5.74, 6) is -0.340. The fourth-order valence-corrected chi connectivity index (χ4v) is 2.64. The van der Waals surface area contributed by atoms with Crippen LogP contribution < -0.4 is 10.1 Å². The van der Waals surface area contributed by atoms with Crippen LogP contribution in [0.3, 0.4) is 0 Å². The van der Waals surface area contributed by atoms with Gasteiger partial charge in [0.2, 0.25) is 5.91 Å². The van der Waals surface area contributed by atoms with Crippen LogP contribution in [-0.4, -0.2) is 17.0 Å². The van der Waals surface area contributed by atoms with Gasteiger partial charge in [-0.05, 0) is 42.0 Å². The highest BCUT2D eigenvalue weighted by molar-refractivity contribution is 6.37. The zero-order chi connectivity index (χ0) is 19.5. The number of hydrogen-bond acceptors (Lipinski definition) is 3. The van der Waals surface area contributed by atoms with Crippen LogP contribution in [0.5, 0.6) is 11.5 Å². The molecule has 2 aromatic carbocycles. The standard InChI is InChI=1S/C19H19Cl2NO4/c1-19(2,3)18(25)22-12-4-6-13(7-5-12)26-17-14(20)8-11(9-15(17)21)10-16(23)24/h4-9H,10H2,1-3H3,(H,22,25)(H,23,24). The van der Waals surface area contributed by atoms with Gasteiger partial charge in [-0.2, -0.15) is 0 Å². The molecule has 0 bridgehead atoms. The van der Waals surface area contributed by atoms with Crippen molar-refractivity contribution in [1.82, 2.24) is 0 Å². The van der Waals surface area contributed by atoms with Gasteiger partial charge < -0.3 is 15.2 Å². The number of carbonyl (C=O) groups excluding carboxylic acids is 1. The van der Waals surface area contributed by atoms with E-state index in [9.17, 15) is 9.59 Å². The SMILES string of the molecule is CC(C)(C)C(=O)Nc1ccc(Oc2c(Cl)cc(CC(=O)O)cc2Cl)cc1. The van der Waals surface area contributed by atoms with Crippen molar-refractivity contribution in [3.8, 4) is 11.5 Å². The summed E-state index contributed by atoms with van der Waals surface area (Å²) < 4.78 is 5.70. The summed E-state index contributed by atoms with van der Waals surface area (Å²) in [6.45, 7) is 5.49. The molecule has 0 aliphatic heterocycles. The Kier molecular flexibility index (Phi) is 6.16. The van der Waals surface area contributed by atoms with E-state index in [1.807, 2.05) is 20.8 Å². The third kappa shape index (κ3) is 5.38. The predicted molar refractivity (Wildman–Crippen MR) is 102 cm³/mol. The fraction of sp³-hybridized carbons (Fsp3) is 0.263. The summed E-state index contributed by atoms with van der Waals surface area (Å²) in [6, 6.07) is 9.79. The summed E-state index contributed by atoms with van der Waals surface area (Å²) >= 11 is 12.3. The summed E-state index contributed by atoms with van der Waals surface area (Å²) in [4.78, 5) is 22.8. The van der Waals surface area contributed by atoms with Crippen LogP contribution in [0.4, 0.5) is 5.69 Å². The summed E-state index contributed by atoms with van der Waals surface area (Å²) in [5.41, 5.74) is 0.639. The molecule has 0 spiro atoms. The first kappa shape index (κ1) is 20.1. The van der Waals surface area contributed by atoms with Crippen LogP contribution in [0.1, 0.15) is 26.3 Å². The number of rotatable bonds is 5. The Labute approximate surface area is 161 Å². The summed E-state index contributed by atoms with van der Waals surface area (Å²) in [5, 5.41) is 12.1. The number of hydrogen-bond donors (Lipinski definition) is 2. The minimum atomic E-state index is -0.973. The van der Waals surface area contributed by atoms with Crippen LogP contribution in [0, 0.1) is 5.41 Å². The normalized spacial score (nSPS) is 11.1. The van der Waals surface area contributed by atoms with Crippen molar-refractivity contribution in [3.05, 3.63) is 52.0 Å². The zero-order valence-corrected chi connectivity index (χ0v) is 16.1. The molecular weight excluding hydrogens is 377 g/mol. The first-order valence-electron chi connectivity index (χ1n) is 7.85. The largest absolute Gasteiger partial charge is 0.481 e. The molecule has 0 aliphatic rings. The molecule has 2 N–H and O–H groups in total. The van der Waals surface area contributed by atoms with Gasteiger partial charge in [-0.25, -0.2) is 0 Å². The average Bonchev–Trinajstić information content (AvgIpc) is 2.51. The molecule has 0 fully saturated rings. The Hall–Kier alpha value is -2.24. The van der Waals surface area contributed by atoms with E-state index in [-0.39, 0.29) is 28.1 Å². The third-order valence-electron chi connectivity index (χ3n) is 3.43. The highest BCUT2D eigenvalue weighted by atomic mass is 35.5. The molecular formula is C19H19Cl2NO4. The van der Waals surface area contributed by atoms with E-state index in [0.29, 0.717) is 17.0 Å². The van der Waals surface area contributed by atoms with Crippen molar-refractivity contribution >= 4 is 40.8 Å². The number of ether oxygens (including phenoxy) is 1. The van der Waals surface area contributed by atoms with Crippen molar-refractivity contribution in [3.63, 3.8) is 0 Å². The quantitative estimate of drug-likeness (QED) is 0.710. The number of carboxylic acid groups (broad SMARTS) is 1. The van der Waals surface area contributed by atoms with Crippen molar-refractivity contribution in [2.24, 2.45) is 5.41 Å². The number of amides is 1. The molecule has 138 valence electrons.